The fourth-order valence-electron chi connectivity index (χ4n) is 3.13. The maximum atomic E-state index is 13.7. The number of carboxylic acid groups (broad SMARTS) is 1. The van der Waals surface area contributed by atoms with Gasteiger partial charge in [0.2, 0.25) is 0 Å². The number of aliphatic hydroxyl groups is 1. The molecule has 0 aliphatic rings. The van der Waals surface area contributed by atoms with E-state index in [0.29, 0.717) is 27.7 Å². The largest absolute Gasteiger partial charge is 0.463 e. The molecule has 0 spiro atoms. The van der Waals surface area contributed by atoms with E-state index in [2.05, 4.69) is 5.10 Å². The van der Waals surface area contributed by atoms with Crippen molar-refractivity contribution in [2.75, 3.05) is 0 Å². The average Bonchev–Trinajstić information content (AvgIpc) is 3.07. The van der Waals surface area contributed by atoms with Crippen LogP contribution in [-0.2, 0) is 0 Å². The summed E-state index contributed by atoms with van der Waals surface area (Å²) in [4.78, 5) is 11.5. The van der Waals surface area contributed by atoms with Crippen molar-refractivity contribution in [3.8, 4) is 11.3 Å². The predicted molar refractivity (Wildman–Crippen MR) is 99.1 cm³/mol. The van der Waals surface area contributed by atoms with Gasteiger partial charge in [-0.1, -0.05) is 48.5 Å². The number of aromatic nitrogens is 2. The van der Waals surface area contributed by atoms with Gasteiger partial charge < -0.3 is 10.2 Å². The number of rotatable bonds is 3. The second-order valence-corrected chi connectivity index (χ2v) is 6.14. The van der Waals surface area contributed by atoms with Gasteiger partial charge in [-0.05, 0) is 35.4 Å². The third kappa shape index (κ3) is 3.07. The van der Waals surface area contributed by atoms with Gasteiger partial charge in [0, 0.05) is 10.9 Å². The van der Waals surface area contributed by atoms with Crippen LogP contribution in [0.1, 0.15) is 17.2 Å². The van der Waals surface area contributed by atoms with Crippen LogP contribution in [0.4, 0.5) is 9.18 Å². The second kappa shape index (κ2) is 6.66. The summed E-state index contributed by atoms with van der Waals surface area (Å²) in [6.07, 6.45) is -2.11. The van der Waals surface area contributed by atoms with Crippen LogP contribution >= 0.6 is 0 Å². The molecule has 0 fully saturated rings. The zero-order valence-electron chi connectivity index (χ0n) is 14.1. The van der Waals surface area contributed by atoms with E-state index in [0.717, 1.165) is 10.2 Å². The Hall–Kier alpha value is -3.51. The molecule has 3 aromatic carbocycles. The van der Waals surface area contributed by atoms with Crippen molar-refractivity contribution < 1.29 is 19.4 Å². The SMILES string of the molecule is O=C(O)n1nc(-c2cccc(F)c2)c2cc(C(O)c3ccccc3)ccc21. The molecule has 5 nitrogen and oxygen atoms in total. The third-order valence-corrected chi connectivity index (χ3v) is 4.41. The molecule has 27 heavy (non-hydrogen) atoms. The van der Waals surface area contributed by atoms with Crippen LogP contribution in [0.3, 0.4) is 0 Å². The molecule has 0 amide bonds. The van der Waals surface area contributed by atoms with Crippen LogP contribution < -0.4 is 0 Å². The molecule has 0 aliphatic carbocycles. The first-order valence-electron chi connectivity index (χ1n) is 8.29. The lowest BCUT2D eigenvalue weighted by atomic mass is 9.98. The summed E-state index contributed by atoms with van der Waals surface area (Å²) < 4.78 is 14.5. The fourth-order valence-corrected chi connectivity index (χ4v) is 3.13. The van der Waals surface area contributed by atoms with Crippen molar-refractivity contribution in [1.82, 2.24) is 9.78 Å². The van der Waals surface area contributed by atoms with E-state index in [-0.39, 0.29) is 0 Å². The van der Waals surface area contributed by atoms with Crippen LogP contribution in [0, 0.1) is 5.82 Å². The zero-order valence-corrected chi connectivity index (χ0v) is 14.1. The zero-order chi connectivity index (χ0) is 19.0. The maximum absolute atomic E-state index is 13.7. The minimum absolute atomic E-state index is 0.342. The Balaban J connectivity index is 1.91. The molecule has 1 unspecified atom stereocenters. The molecule has 0 bridgehead atoms. The van der Waals surface area contributed by atoms with Crippen LogP contribution in [0.25, 0.3) is 22.2 Å². The standard InChI is InChI=1S/C21H15FN2O3/c22-16-8-4-7-14(11-16)19-17-12-15(20(25)13-5-2-1-3-6-13)9-10-18(17)24(23-19)21(26)27/h1-12,20,25H,(H,26,27). The summed E-state index contributed by atoms with van der Waals surface area (Å²) in [6, 6.07) is 19.9. The Bertz CT molecular complexity index is 1140. The van der Waals surface area contributed by atoms with Crippen molar-refractivity contribution in [3.63, 3.8) is 0 Å². The van der Waals surface area contributed by atoms with E-state index < -0.39 is 18.0 Å². The van der Waals surface area contributed by atoms with Gasteiger partial charge in [-0.25, -0.2) is 9.18 Å². The Morgan fingerprint density at radius 3 is 2.44 bits per heavy atom. The highest BCUT2D eigenvalue weighted by Gasteiger charge is 2.19. The lowest BCUT2D eigenvalue weighted by Gasteiger charge is -2.11. The van der Waals surface area contributed by atoms with E-state index in [1.807, 2.05) is 30.3 Å². The molecule has 0 aliphatic heterocycles. The smallest absolute Gasteiger partial charge is 0.432 e. The summed E-state index contributed by atoms with van der Waals surface area (Å²) in [5.41, 5.74) is 2.48. The Kier molecular flexibility index (Phi) is 4.18. The van der Waals surface area contributed by atoms with Crippen LogP contribution in [-0.4, -0.2) is 26.1 Å². The normalized spacial score (nSPS) is 12.2. The van der Waals surface area contributed by atoms with Crippen LogP contribution in [0.15, 0.2) is 72.8 Å². The highest BCUT2D eigenvalue weighted by molar-refractivity contribution is 5.97. The number of carbonyl (C=O) groups is 1. The first-order chi connectivity index (χ1) is 13.0. The summed E-state index contributed by atoms with van der Waals surface area (Å²) in [5.74, 6) is -0.439. The summed E-state index contributed by atoms with van der Waals surface area (Å²) >= 11 is 0. The Labute approximate surface area is 153 Å². The Morgan fingerprint density at radius 1 is 0.963 bits per heavy atom. The topological polar surface area (TPSA) is 75.3 Å². The number of benzene rings is 3. The molecule has 134 valence electrons. The van der Waals surface area contributed by atoms with E-state index in [1.165, 1.54) is 12.1 Å². The molecule has 0 saturated heterocycles. The molecular formula is C21H15FN2O3. The fraction of sp³-hybridized carbons (Fsp3) is 0.0476. The quantitative estimate of drug-likeness (QED) is 0.565. The van der Waals surface area contributed by atoms with Crippen molar-refractivity contribution in [2.24, 2.45) is 0 Å². The molecule has 2 N–H and O–H groups in total. The highest BCUT2D eigenvalue weighted by atomic mass is 19.1. The molecule has 1 atom stereocenters. The third-order valence-electron chi connectivity index (χ3n) is 4.41. The first kappa shape index (κ1) is 16.9. The first-order valence-corrected chi connectivity index (χ1v) is 8.29. The van der Waals surface area contributed by atoms with Gasteiger partial charge in [-0.2, -0.15) is 9.78 Å². The summed E-state index contributed by atoms with van der Waals surface area (Å²) in [7, 11) is 0. The van der Waals surface area contributed by atoms with Gasteiger partial charge in [0.05, 0.1) is 5.52 Å². The molecule has 1 aromatic heterocycles. The number of halogens is 1. The van der Waals surface area contributed by atoms with Crippen molar-refractivity contribution in [2.45, 2.75) is 6.10 Å². The van der Waals surface area contributed by atoms with Gasteiger partial charge in [0.15, 0.2) is 0 Å². The number of hydrogen-bond acceptors (Lipinski definition) is 3. The van der Waals surface area contributed by atoms with Gasteiger partial charge in [-0.15, -0.1) is 0 Å². The maximum Gasteiger partial charge on any atom is 0.432 e. The number of hydrogen-bond donors (Lipinski definition) is 2. The van der Waals surface area contributed by atoms with E-state index in [4.69, 9.17) is 0 Å². The summed E-state index contributed by atoms with van der Waals surface area (Å²) in [6.45, 7) is 0. The van der Waals surface area contributed by atoms with E-state index in [9.17, 15) is 19.4 Å². The monoisotopic (exact) mass is 362 g/mol. The second-order valence-electron chi connectivity index (χ2n) is 6.14. The van der Waals surface area contributed by atoms with Crippen LogP contribution in [0.2, 0.25) is 0 Å². The minimum atomic E-state index is -1.24. The Morgan fingerprint density at radius 2 is 1.74 bits per heavy atom. The summed E-state index contributed by atoms with van der Waals surface area (Å²) in [5, 5.41) is 24.8. The van der Waals surface area contributed by atoms with Gasteiger partial charge in [0.25, 0.3) is 0 Å². The predicted octanol–water partition coefficient (Wildman–Crippen LogP) is 4.45. The molecule has 0 radical (unpaired) electrons. The van der Waals surface area contributed by atoms with Crippen molar-refractivity contribution >= 4 is 17.0 Å². The van der Waals surface area contributed by atoms with E-state index >= 15 is 0 Å². The molecule has 4 aromatic rings. The number of fused-ring (bicyclic) bond motifs is 1. The van der Waals surface area contributed by atoms with Gasteiger partial charge in [0.1, 0.15) is 17.6 Å². The molecule has 0 saturated carbocycles. The van der Waals surface area contributed by atoms with Crippen molar-refractivity contribution in [3.05, 3.63) is 89.7 Å². The molecule has 1 heterocycles. The number of aliphatic hydroxyl groups excluding tert-OH is 1. The van der Waals surface area contributed by atoms with E-state index in [1.54, 1.807) is 30.3 Å². The van der Waals surface area contributed by atoms with Gasteiger partial charge >= 0.3 is 6.09 Å². The average molecular weight is 362 g/mol. The molecule has 4 rings (SSSR count). The van der Waals surface area contributed by atoms with Crippen LogP contribution in [0.5, 0.6) is 0 Å². The molecule has 6 heteroatoms. The lowest BCUT2D eigenvalue weighted by molar-refractivity contribution is 0.194. The van der Waals surface area contributed by atoms with Gasteiger partial charge in [-0.3, -0.25) is 0 Å². The highest BCUT2D eigenvalue weighted by Crippen LogP contribution is 2.32. The van der Waals surface area contributed by atoms with Crippen molar-refractivity contribution in [1.29, 1.82) is 0 Å². The minimum Gasteiger partial charge on any atom is -0.463 e. The molecular weight excluding hydrogens is 347 g/mol. The number of nitrogens with zero attached hydrogens (tertiary/aromatic N) is 2. The lowest BCUT2D eigenvalue weighted by Crippen LogP contribution is -2.09.